The number of nitrogens with zero attached hydrogens (tertiary/aromatic N) is 1. The number of phenols is 1. The third kappa shape index (κ3) is 2.81. The van der Waals surface area contributed by atoms with Gasteiger partial charge in [0.25, 0.3) is 0 Å². The van der Waals surface area contributed by atoms with Gasteiger partial charge in [0, 0.05) is 6.42 Å². The van der Waals surface area contributed by atoms with Crippen LogP contribution in [0.25, 0.3) is 4.85 Å². The molecule has 2 aromatic carbocycles. The van der Waals surface area contributed by atoms with Gasteiger partial charge in [0.2, 0.25) is 5.69 Å². The van der Waals surface area contributed by atoms with Crippen LogP contribution in [0, 0.1) is 23.8 Å². The molecule has 156 valence electrons. The average Bonchev–Trinajstić information content (AvgIpc) is 3.00. The lowest BCUT2D eigenvalue weighted by molar-refractivity contribution is -0.102. The first-order valence-electron chi connectivity index (χ1n) is 11.1. The monoisotopic (exact) mass is 421 g/mol. The number of fused-ring (bicyclic) bond motifs is 5. The van der Waals surface area contributed by atoms with Gasteiger partial charge in [-0.3, -0.25) is 0 Å². The summed E-state index contributed by atoms with van der Waals surface area (Å²) in [7, 11) is 0. The van der Waals surface area contributed by atoms with Crippen LogP contribution in [0.4, 0.5) is 5.69 Å². The number of phenolic OH excluding ortho intramolecular Hbond substituents is 1. The predicted molar refractivity (Wildman–Crippen MR) is 119 cm³/mol. The van der Waals surface area contributed by atoms with E-state index in [1.807, 2.05) is 18.2 Å². The van der Waals surface area contributed by atoms with E-state index in [2.05, 4.69) is 17.8 Å². The summed E-state index contributed by atoms with van der Waals surface area (Å²) in [4.78, 5) is 3.58. The quantitative estimate of drug-likeness (QED) is 0.549. The molecular weight excluding hydrogens is 394 g/mol. The molecule has 0 aromatic heterocycles. The Morgan fingerprint density at radius 1 is 1.10 bits per heavy atom. The van der Waals surface area contributed by atoms with Crippen LogP contribution in [0.15, 0.2) is 36.4 Å². The normalized spacial score (nSPS) is 34.5. The number of hydrogen-bond donors (Lipinski definition) is 2. The second kappa shape index (κ2) is 7.01. The number of aromatic hydroxyl groups is 1. The van der Waals surface area contributed by atoms with E-state index in [1.165, 1.54) is 11.1 Å². The van der Waals surface area contributed by atoms with Crippen LogP contribution in [0.2, 0.25) is 5.02 Å². The van der Waals surface area contributed by atoms with E-state index in [0.717, 1.165) is 44.1 Å². The average molecular weight is 422 g/mol. The van der Waals surface area contributed by atoms with Crippen LogP contribution >= 0.6 is 11.6 Å². The highest BCUT2D eigenvalue weighted by Crippen LogP contribution is 2.65. The summed E-state index contributed by atoms with van der Waals surface area (Å²) in [5.41, 5.74) is 3.40. The first-order valence-corrected chi connectivity index (χ1v) is 11.4. The molecule has 3 aliphatic carbocycles. The van der Waals surface area contributed by atoms with E-state index < -0.39 is 5.60 Å². The number of aliphatic hydroxyl groups is 1. The van der Waals surface area contributed by atoms with Crippen molar-refractivity contribution in [2.45, 2.75) is 63.4 Å². The standard InChI is InChI=1S/C26H28ClNO2/c1-25-13-11-19-18-9-10-23(28-2)24(27)21(18)8-7-20(19)22(25)12-14-26(25,30)15-16-3-5-17(29)6-4-16/h3-6,9-10,19-20,22,29-30H,7-8,11-15H2,1H3/t19?,20?,22?,25-,26+/m0/s1. The molecule has 3 nitrogen and oxygen atoms in total. The van der Waals surface area contributed by atoms with Crippen molar-refractivity contribution in [2.75, 3.05) is 0 Å². The fourth-order valence-electron chi connectivity index (χ4n) is 7.05. The summed E-state index contributed by atoms with van der Waals surface area (Å²) in [6.07, 6.45) is 6.65. The molecule has 5 rings (SSSR count). The minimum absolute atomic E-state index is 0.0934. The Hall–Kier alpha value is -2.02. The Morgan fingerprint density at radius 3 is 2.60 bits per heavy atom. The molecule has 2 aromatic rings. The van der Waals surface area contributed by atoms with E-state index in [4.69, 9.17) is 18.2 Å². The maximum absolute atomic E-state index is 11.8. The lowest BCUT2D eigenvalue weighted by atomic mass is 9.52. The largest absolute Gasteiger partial charge is 0.508 e. The molecule has 0 bridgehead atoms. The number of halogens is 1. The first-order chi connectivity index (χ1) is 14.4. The van der Waals surface area contributed by atoms with Crippen LogP contribution in [-0.4, -0.2) is 15.8 Å². The lowest BCUT2D eigenvalue weighted by Crippen LogP contribution is -2.51. The highest BCUT2D eigenvalue weighted by atomic mass is 35.5. The van der Waals surface area contributed by atoms with Crippen molar-refractivity contribution >= 4 is 17.3 Å². The fraction of sp³-hybridized carbons (Fsp3) is 0.500. The minimum Gasteiger partial charge on any atom is -0.508 e. The Labute approximate surface area is 183 Å². The highest BCUT2D eigenvalue weighted by Gasteiger charge is 2.61. The van der Waals surface area contributed by atoms with Crippen molar-refractivity contribution in [1.29, 1.82) is 0 Å². The molecule has 0 aliphatic heterocycles. The Morgan fingerprint density at radius 2 is 1.87 bits per heavy atom. The molecule has 3 unspecified atom stereocenters. The molecule has 0 amide bonds. The Kier molecular flexibility index (Phi) is 4.65. The van der Waals surface area contributed by atoms with Crippen LogP contribution in [0.1, 0.15) is 61.6 Å². The van der Waals surface area contributed by atoms with Gasteiger partial charge < -0.3 is 10.2 Å². The molecule has 3 aliphatic rings. The van der Waals surface area contributed by atoms with Gasteiger partial charge in [0.15, 0.2) is 0 Å². The molecular formula is C26H28ClNO2. The van der Waals surface area contributed by atoms with Crippen molar-refractivity contribution in [2.24, 2.45) is 17.3 Å². The second-order valence-corrected chi connectivity index (χ2v) is 10.2. The van der Waals surface area contributed by atoms with Gasteiger partial charge in [0.1, 0.15) is 5.75 Å². The molecule has 5 atom stereocenters. The summed E-state index contributed by atoms with van der Waals surface area (Å²) in [5, 5.41) is 22.1. The van der Waals surface area contributed by atoms with E-state index in [1.54, 1.807) is 12.1 Å². The van der Waals surface area contributed by atoms with Crippen LogP contribution in [-0.2, 0) is 12.8 Å². The van der Waals surface area contributed by atoms with Crippen LogP contribution in [0.3, 0.4) is 0 Å². The molecule has 0 heterocycles. The van der Waals surface area contributed by atoms with Gasteiger partial charge in [-0.15, -0.1) is 0 Å². The second-order valence-electron chi connectivity index (χ2n) is 9.86. The first kappa shape index (κ1) is 19.9. The highest BCUT2D eigenvalue weighted by molar-refractivity contribution is 6.34. The maximum atomic E-state index is 11.8. The lowest BCUT2D eigenvalue weighted by Gasteiger charge is -2.53. The zero-order valence-corrected chi connectivity index (χ0v) is 18.1. The van der Waals surface area contributed by atoms with Crippen LogP contribution < -0.4 is 0 Å². The van der Waals surface area contributed by atoms with Gasteiger partial charge in [-0.1, -0.05) is 42.8 Å². The minimum atomic E-state index is -0.703. The van der Waals surface area contributed by atoms with Gasteiger partial charge in [0.05, 0.1) is 17.2 Å². The predicted octanol–water partition coefficient (Wildman–Crippen LogP) is 6.43. The molecule has 0 radical (unpaired) electrons. The van der Waals surface area contributed by atoms with Crippen LogP contribution in [0.5, 0.6) is 5.75 Å². The molecule has 0 spiro atoms. The van der Waals surface area contributed by atoms with E-state index >= 15 is 0 Å². The van der Waals surface area contributed by atoms with Crippen molar-refractivity contribution < 1.29 is 10.2 Å². The summed E-state index contributed by atoms with van der Waals surface area (Å²) in [5.74, 6) is 1.83. The third-order valence-corrected chi connectivity index (χ3v) is 9.12. The van der Waals surface area contributed by atoms with Gasteiger partial charge in [-0.25, -0.2) is 4.85 Å². The smallest absolute Gasteiger partial charge is 0.205 e. The van der Waals surface area contributed by atoms with Crippen molar-refractivity contribution in [1.82, 2.24) is 0 Å². The fourth-order valence-corrected chi connectivity index (χ4v) is 7.36. The van der Waals surface area contributed by atoms with Gasteiger partial charge in [-0.05, 0) is 90.5 Å². The Balaban J connectivity index is 1.45. The van der Waals surface area contributed by atoms with Crippen molar-refractivity contribution in [3.05, 3.63) is 69.5 Å². The third-order valence-electron chi connectivity index (χ3n) is 8.70. The van der Waals surface area contributed by atoms with Crippen molar-refractivity contribution in [3.63, 3.8) is 0 Å². The molecule has 2 saturated carbocycles. The Bertz CT molecular complexity index is 1030. The number of rotatable bonds is 2. The van der Waals surface area contributed by atoms with E-state index in [-0.39, 0.29) is 11.2 Å². The van der Waals surface area contributed by atoms with Gasteiger partial charge in [-0.2, -0.15) is 0 Å². The van der Waals surface area contributed by atoms with E-state index in [9.17, 15) is 10.2 Å². The maximum Gasteiger partial charge on any atom is 0.205 e. The SMILES string of the molecule is [C-]#[N+]c1ccc2c(c1Cl)CCC1C2CC[C@@]2(C)C1CC[C@@]2(O)Cc1ccc(O)cc1. The number of hydrogen-bond acceptors (Lipinski definition) is 2. The van der Waals surface area contributed by atoms with Gasteiger partial charge >= 0.3 is 0 Å². The summed E-state index contributed by atoms with van der Waals surface area (Å²) < 4.78 is 0. The summed E-state index contributed by atoms with van der Waals surface area (Å²) in [6, 6.07) is 11.3. The molecule has 0 saturated heterocycles. The molecule has 4 heteroatoms. The summed E-state index contributed by atoms with van der Waals surface area (Å²) in [6.45, 7) is 9.66. The molecule has 30 heavy (non-hydrogen) atoms. The molecule has 2 N–H and O–H groups in total. The van der Waals surface area contributed by atoms with Crippen molar-refractivity contribution in [3.8, 4) is 5.75 Å². The summed E-state index contributed by atoms with van der Waals surface area (Å²) >= 11 is 6.57. The number of benzene rings is 2. The topological polar surface area (TPSA) is 44.8 Å². The zero-order chi connectivity index (χ0) is 21.1. The molecule has 2 fully saturated rings. The van der Waals surface area contributed by atoms with E-state index in [0.29, 0.717) is 34.9 Å². The zero-order valence-electron chi connectivity index (χ0n) is 17.4.